The Hall–Kier alpha value is -2.38. The minimum absolute atomic E-state index is 0.0454. The smallest absolute Gasteiger partial charge is 0.251 e. The second-order valence-electron chi connectivity index (χ2n) is 6.98. The fourth-order valence-electron chi connectivity index (χ4n) is 2.65. The van der Waals surface area contributed by atoms with Gasteiger partial charge in [-0.2, -0.15) is 0 Å². The molecule has 1 atom stereocenters. The summed E-state index contributed by atoms with van der Waals surface area (Å²) in [7, 11) is 5.74. The Kier molecular flexibility index (Phi) is 8.97. The first-order valence-corrected chi connectivity index (χ1v) is 10.4. The molecule has 7 heteroatoms. The summed E-state index contributed by atoms with van der Waals surface area (Å²) in [4.78, 5) is 20.0. The van der Waals surface area contributed by atoms with E-state index in [-0.39, 0.29) is 5.91 Å². The number of carbonyl (C=O) groups is 1. The molecule has 0 aliphatic heterocycles. The number of nitrogens with zero attached hydrogens (tertiary/aromatic N) is 2. The highest BCUT2D eigenvalue weighted by atomic mass is 32.1. The monoisotopic (exact) mass is 401 g/mol. The minimum Gasteiger partial charge on any atom is -0.356 e. The van der Waals surface area contributed by atoms with Crippen molar-refractivity contribution in [3.63, 3.8) is 0 Å². The third-order valence-corrected chi connectivity index (χ3v) is 5.43. The number of benzene rings is 1. The van der Waals surface area contributed by atoms with Gasteiger partial charge in [-0.05, 0) is 43.2 Å². The number of likely N-dealkylation sites (N-methyl/N-ethyl adjacent to an activating group) is 1. The van der Waals surface area contributed by atoms with Crippen molar-refractivity contribution < 1.29 is 4.79 Å². The molecule has 0 aliphatic rings. The van der Waals surface area contributed by atoms with Gasteiger partial charge in [0.15, 0.2) is 5.96 Å². The maximum Gasteiger partial charge on any atom is 0.251 e. The van der Waals surface area contributed by atoms with Crippen LogP contribution in [0.15, 0.2) is 46.8 Å². The molecule has 152 valence electrons. The Labute approximate surface area is 172 Å². The normalized spacial score (nSPS) is 12.7. The van der Waals surface area contributed by atoms with Crippen molar-refractivity contribution in [1.82, 2.24) is 20.9 Å². The van der Waals surface area contributed by atoms with E-state index in [9.17, 15) is 4.79 Å². The number of rotatable bonds is 9. The molecule has 1 heterocycles. The van der Waals surface area contributed by atoms with Crippen LogP contribution in [0.2, 0.25) is 0 Å². The molecular formula is C21H31N5OS. The lowest BCUT2D eigenvalue weighted by Crippen LogP contribution is -2.38. The third kappa shape index (κ3) is 7.32. The largest absolute Gasteiger partial charge is 0.356 e. The number of guanidine groups is 1. The van der Waals surface area contributed by atoms with E-state index >= 15 is 0 Å². The highest BCUT2D eigenvalue weighted by molar-refractivity contribution is 7.10. The van der Waals surface area contributed by atoms with Crippen LogP contribution in [0.3, 0.4) is 0 Å². The second-order valence-corrected chi connectivity index (χ2v) is 7.96. The lowest BCUT2D eigenvalue weighted by Gasteiger charge is -2.15. The summed E-state index contributed by atoms with van der Waals surface area (Å²) in [5.74, 6) is 1.13. The molecule has 6 nitrogen and oxygen atoms in total. The van der Waals surface area contributed by atoms with E-state index < -0.39 is 0 Å². The molecule has 2 rings (SSSR count). The van der Waals surface area contributed by atoms with E-state index in [0.717, 1.165) is 24.6 Å². The lowest BCUT2D eigenvalue weighted by molar-refractivity contribution is 0.0951. The minimum atomic E-state index is -0.0454. The quantitative estimate of drug-likeness (QED) is 0.446. The van der Waals surface area contributed by atoms with Crippen molar-refractivity contribution in [3.05, 3.63) is 57.8 Å². The van der Waals surface area contributed by atoms with E-state index in [1.54, 1.807) is 18.4 Å². The van der Waals surface area contributed by atoms with Crippen LogP contribution in [0.4, 0.5) is 0 Å². The predicted molar refractivity (Wildman–Crippen MR) is 118 cm³/mol. The topological polar surface area (TPSA) is 68.8 Å². The highest BCUT2D eigenvalue weighted by Crippen LogP contribution is 2.19. The van der Waals surface area contributed by atoms with Crippen LogP contribution in [0.1, 0.15) is 33.6 Å². The number of hydrogen-bond acceptors (Lipinski definition) is 4. The number of carbonyl (C=O) groups excluding carboxylic acids is 1. The van der Waals surface area contributed by atoms with Crippen LogP contribution >= 0.6 is 11.3 Å². The van der Waals surface area contributed by atoms with E-state index in [0.29, 0.717) is 24.6 Å². The zero-order chi connectivity index (χ0) is 20.4. The molecule has 0 aliphatic carbocycles. The van der Waals surface area contributed by atoms with Crippen molar-refractivity contribution in [2.75, 3.05) is 40.8 Å². The molecule has 1 aromatic carbocycles. The van der Waals surface area contributed by atoms with Gasteiger partial charge in [0.1, 0.15) is 0 Å². The number of thiophene rings is 1. The van der Waals surface area contributed by atoms with E-state index in [1.807, 2.05) is 43.3 Å². The standard InChI is InChI=1S/C21H31N5OS/c1-16(19-9-6-12-28-19)14-24-21(22-2)25-15-17-7-5-8-18(13-17)20(27)23-10-11-26(3)4/h5-9,12-13,16H,10-11,14-15H2,1-4H3,(H,23,27)(H2,22,24,25). The fourth-order valence-corrected chi connectivity index (χ4v) is 3.43. The Morgan fingerprint density at radius 2 is 2.00 bits per heavy atom. The van der Waals surface area contributed by atoms with Gasteiger partial charge in [0.25, 0.3) is 5.91 Å². The highest BCUT2D eigenvalue weighted by Gasteiger charge is 2.09. The van der Waals surface area contributed by atoms with Crippen LogP contribution in [0.5, 0.6) is 0 Å². The lowest BCUT2D eigenvalue weighted by atomic mass is 10.1. The van der Waals surface area contributed by atoms with E-state index in [1.165, 1.54) is 4.88 Å². The summed E-state index contributed by atoms with van der Waals surface area (Å²) in [6.07, 6.45) is 0. The molecule has 1 unspecified atom stereocenters. The van der Waals surface area contributed by atoms with Gasteiger partial charge in [0, 0.05) is 49.6 Å². The molecule has 2 aromatic rings. The zero-order valence-corrected chi connectivity index (χ0v) is 18.0. The number of amides is 1. The van der Waals surface area contributed by atoms with Crippen molar-refractivity contribution in [3.8, 4) is 0 Å². The zero-order valence-electron chi connectivity index (χ0n) is 17.2. The van der Waals surface area contributed by atoms with Crippen LogP contribution in [0, 0.1) is 0 Å². The molecule has 3 N–H and O–H groups in total. The van der Waals surface area contributed by atoms with Crippen LogP contribution < -0.4 is 16.0 Å². The average molecular weight is 402 g/mol. The van der Waals surface area contributed by atoms with Gasteiger partial charge >= 0.3 is 0 Å². The Balaban J connectivity index is 1.82. The van der Waals surface area contributed by atoms with E-state index in [2.05, 4.69) is 45.4 Å². The summed E-state index contributed by atoms with van der Waals surface area (Å²) in [6.45, 7) is 5.07. The first kappa shape index (κ1) is 21.9. The van der Waals surface area contributed by atoms with Gasteiger partial charge in [-0.1, -0.05) is 25.1 Å². The second kappa shape index (κ2) is 11.5. The van der Waals surface area contributed by atoms with Gasteiger partial charge in [-0.15, -0.1) is 11.3 Å². The summed E-state index contributed by atoms with van der Waals surface area (Å²) in [5, 5.41) is 11.7. The van der Waals surface area contributed by atoms with Gasteiger partial charge in [0.2, 0.25) is 0 Å². The van der Waals surface area contributed by atoms with Crippen molar-refractivity contribution in [1.29, 1.82) is 0 Å². The molecule has 0 radical (unpaired) electrons. The Morgan fingerprint density at radius 3 is 2.68 bits per heavy atom. The molecule has 0 bridgehead atoms. The molecule has 28 heavy (non-hydrogen) atoms. The first-order chi connectivity index (χ1) is 13.5. The van der Waals surface area contributed by atoms with Crippen LogP contribution in [-0.2, 0) is 6.54 Å². The van der Waals surface area contributed by atoms with E-state index in [4.69, 9.17) is 0 Å². The summed E-state index contributed by atoms with van der Waals surface area (Å²) in [6, 6.07) is 11.9. The Bertz CT molecular complexity index is 758. The first-order valence-electron chi connectivity index (χ1n) is 9.49. The molecule has 1 amide bonds. The molecule has 0 spiro atoms. The van der Waals surface area contributed by atoms with Gasteiger partial charge in [-0.3, -0.25) is 9.79 Å². The maximum absolute atomic E-state index is 12.3. The fraction of sp³-hybridized carbons (Fsp3) is 0.429. The summed E-state index contributed by atoms with van der Waals surface area (Å²) >= 11 is 1.77. The Morgan fingerprint density at radius 1 is 1.18 bits per heavy atom. The maximum atomic E-state index is 12.3. The van der Waals surface area contributed by atoms with Crippen molar-refractivity contribution in [2.24, 2.45) is 4.99 Å². The van der Waals surface area contributed by atoms with Gasteiger partial charge in [0.05, 0.1) is 0 Å². The molecule has 0 saturated carbocycles. The molecule has 0 fully saturated rings. The SMILES string of the molecule is CN=C(NCc1cccc(C(=O)NCCN(C)C)c1)NCC(C)c1cccs1. The van der Waals surface area contributed by atoms with Crippen molar-refractivity contribution >= 4 is 23.2 Å². The molecular weight excluding hydrogens is 370 g/mol. The predicted octanol–water partition coefficient (Wildman–Crippen LogP) is 2.51. The number of hydrogen-bond donors (Lipinski definition) is 3. The van der Waals surface area contributed by atoms with Crippen LogP contribution in [-0.4, -0.2) is 57.5 Å². The average Bonchev–Trinajstić information content (AvgIpc) is 3.22. The van der Waals surface area contributed by atoms with Crippen LogP contribution in [0.25, 0.3) is 0 Å². The number of aliphatic imine (C=N–C) groups is 1. The summed E-state index contributed by atoms with van der Waals surface area (Å²) in [5.41, 5.74) is 1.71. The summed E-state index contributed by atoms with van der Waals surface area (Å²) < 4.78 is 0. The molecule has 1 aromatic heterocycles. The van der Waals surface area contributed by atoms with Gasteiger partial charge in [-0.25, -0.2) is 0 Å². The third-order valence-electron chi connectivity index (χ3n) is 4.32. The number of nitrogens with one attached hydrogen (secondary N) is 3. The van der Waals surface area contributed by atoms with Gasteiger partial charge < -0.3 is 20.9 Å². The van der Waals surface area contributed by atoms with Crippen molar-refractivity contribution in [2.45, 2.75) is 19.4 Å². The molecule has 0 saturated heterocycles.